The minimum Gasteiger partial charge on any atom is -0.507 e. The predicted molar refractivity (Wildman–Crippen MR) is 65.3 cm³/mol. The second-order valence-corrected chi connectivity index (χ2v) is 4.70. The normalized spacial score (nSPS) is 10.2. The molecule has 0 aliphatic heterocycles. The summed E-state index contributed by atoms with van der Waals surface area (Å²) in [6, 6.07) is 4.74. The molecule has 5 heteroatoms. The molecule has 0 unspecified atom stereocenters. The van der Waals surface area contributed by atoms with Gasteiger partial charge in [0.25, 0.3) is 0 Å². The summed E-state index contributed by atoms with van der Waals surface area (Å²) in [4.78, 5) is 16.8. The number of hydrogen-bond acceptors (Lipinski definition) is 5. The Labute approximate surface area is 103 Å². The Morgan fingerprint density at radius 1 is 1.47 bits per heavy atom. The van der Waals surface area contributed by atoms with Crippen LogP contribution in [-0.4, -0.2) is 23.2 Å². The summed E-state index contributed by atoms with van der Waals surface area (Å²) in [6.07, 6.45) is 1.70. The number of esters is 1. The van der Waals surface area contributed by atoms with Crippen LogP contribution in [0.2, 0.25) is 0 Å². The van der Waals surface area contributed by atoms with E-state index in [0.29, 0.717) is 16.1 Å². The monoisotopic (exact) mass is 249 g/mol. The lowest BCUT2D eigenvalue weighted by Crippen LogP contribution is -2.03. The number of benzene rings is 1. The van der Waals surface area contributed by atoms with Crippen molar-refractivity contribution in [2.45, 2.75) is 6.92 Å². The fourth-order valence-corrected chi connectivity index (χ4v) is 2.35. The maximum absolute atomic E-state index is 11.6. The minimum atomic E-state index is -0.483. The molecule has 1 aromatic heterocycles. The number of aromatic hydroxyl groups is 1. The highest BCUT2D eigenvalue weighted by atomic mass is 32.1. The zero-order valence-electron chi connectivity index (χ0n) is 9.43. The molecule has 4 nitrogen and oxygen atoms in total. The van der Waals surface area contributed by atoms with Crippen molar-refractivity contribution in [2.75, 3.05) is 7.11 Å². The van der Waals surface area contributed by atoms with E-state index in [1.165, 1.54) is 24.5 Å². The van der Waals surface area contributed by atoms with Crippen molar-refractivity contribution in [3.05, 3.63) is 34.8 Å². The Morgan fingerprint density at radius 3 is 2.82 bits per heavy atom. The van der Waals surface area contributed by atoms with E-state index < -0.39 is 5.97 Å². The number of methoxy groups -OCH3 is 1. The highest BCUT2D eigenvalue weighted by Crippen LogP contribution is 2.35. The number of phenolic OH excluding ortho intramolecular Hbond substituents is 1. The molecule has 0 aliphatic rings. The van der Waals surface area contributed by atoms with Crippen LogP contribution in [-0.2, 0) is 4.74 Å². The van der Waals surface area contributed by atoms with E-state index in [2.05, 4.69) is 9.72 Å². The average molecular weight is 249 g/mol. The van der Waals surface area contributed by atoms with E-state index in [-0.39, 0.29) is 5.75 Å². The predicted octanol–water partition coefficient (Wildman–Crippen LogP) is 2.61. The maximum Gasteiger partial charge on any atom is 0.338 e. The summed E-state index contributed by atoms with van der Waals surface area (Å²) in [7, 11) is 1.31. The van der Waals surface area contributed by atoms with Gasteiger partial charge in [0.1, 0.15) is 10.8 Å². The fourth-order valence-electron chi connectivity index (χ4n) is 1.52. The zero-order chi connectivity index (χ0) is 12.4. The van der Waals surface area contributed by atoms with E-state index in [1.807, 2.05) is 6.92 Å². The van der Waals surface area contributed by atoms with Crippen LogP contribution in [0.15, 0.2) is 24.4 Å². The number of carbonyl (C=O) groups excluding carboxylic acids is 1. The quantitative estimate of drug-likeness (QED) is 0.831. The fraction of sp³-hybridized carbons (Fsp3) is 0.167. The maximum atomic E-state index is 11.6. The summed E-state index contributed by atoms with van der Waals surface area (Å²) >= 11 is 1.42. The highest BCUT2D eigenvalue weighted by molar-refractivity contribution is 7.15. The lowest BCUT2D eigenvalue weighted by Gasteiger charge is -2.07. The van der Waals surface area contributed by atoms with Crippen LogP contribution in [0, 0.1) is 6.92 Å². The molecule has 1 N–H and O–H groups in total. The van der Waals surface area contributed by atoms with Crippen molar-refractivity contribution in [3.63, 3.8) is 0 Å². The van der Waals surface area contributed by atoms with Crippen LogP contribution in [0.25, 0.3) is 10.6 Å². The standard InChI is InChI=1S/C12H11NO3S/c1-7-6-13-11(17-7)10-8(12(15)16-2)4-3-5-9(10)14/h3-6,14H,1-2H3. The van der Waals surface area contributed by atoms with Gasteiger partial charge >= 0.3 is 5.97 Å². The van der Waals surface area contributed by atoms with Crippen LogP contribution in [0.5, 0.6) is 5.75 Å². The van der Waals surface area contributed by atoms with Gasteiger partial charge in [-0.05, 0) is 19.1 Å². The molecule has 2 rings (SSSR count). The molecule has 0 saturated heterocycles. The number of phenols is 1. The summed E-state index contributed by atoms with van der Waals surface area (Å²) in [5, 5.41) is 10.5. The Morgan fingerprint density at radius 2 is 2.24 bits per heavy atom. The van der Waals surface area contributed by atoms with E-state index in [0.717, 1.165) is 4.88 Å². The molecule has 17 heavy (non-hydrogen) atoms. The molecular formula is C12H11NO3S. The van der Waals surface area contributed by atoms with Gasteiger partial charge in [-0.15, -0.1) is 11.3 Å². The first-order valence-corrected chi connectivity index (χ1v) is 5.78. The largest absolute Gasteiger partial charge is 0.507 e. The molecule has 0 bridgehead atoms. The van der Waals surface area contributed by atoms with E-state index in [1.54, 1.807) is 18.3 Å². The smallest absolute Gasteiger partial charge is 0.338 e. The van der Waals surface area contributed by atoms with Crippen LogP contribution >= 0.6 is 11.3 Å². The zero-order valence-corrected chi connectivity index (χ0v) is 10.2. The summed E-state index contributed by atoms with van der Waals surface area (Å²) in [5.41, 5.74) is 0.749. The minimum absolute atomic E-state index is 0.0299. The number of carbonyl (C=O) groups is 1. The molecule has 0 radical (unpaired) electrons. The van der Waals surface area contributed by atoms with Gasteiger partial charge in [-0.25, -0.2) is 9.78 Å². The van der Waals surface area contributed by atoms with Crippen molar-refractivity contribution in [3.8, 4) is 16.3 Å². The molecule has 0 saturated carbocycles. The van der Waals surface area contributed by atoms with Gasteiger partial charge in [0.15, 0.2) is 0 Å². The van der Waals surface area contributed by atoms with Crippen LogP contribution in [0.1, 0.15) is 15.2 Å². The molecule has 2 aromatic rings. The van der Waals surface area contributed by atoms with Crippen molar-refractivity contribution in [2.24, 2.45) is 0 Å². The third-order valence-corrected chi connectivity index (χ3v) is 3.21. The lowest BCUT2D eigenvalue weighted by molar-refractivity contribution is 0.0601. The molecule has 0 aliphatic carbocycles. The molecule has 0 atom stereocenters. The van der Waals surface area contributed by atoms with E-state index >= 15 is 0 Å². The summed E-state index contributed by atoms with van der Waals surface area (Å²) < 4.78 is 4.69. The van der Waals surface area contributed by atoms with Gasteiger partial charge in [-0.3, -0.25) is 0 Å². The van der Waals surface area contributed by atoms with E-state index in [9.17, 15) is 9.90 Å². The average Bonchev–Trinajstić information content (AvgIpc) is 2.74. The van der Waals surface area contributed by atoms with Crippen LogP contribution in [0.3, 0.4) is 0 Å². The van der Waals surface area contributed by atoms with E-state index in [4.69, 9.17) is 0 Å². The Kier molecular flexibility index (Phi) is 3.10. The van der Waals surface area contributed by atoms with Gasteiger partial charge in [-0.1, -0.05) is 6.07 Å². The second-order valence-electron chi connectivity index (χ2n) is 3.47. The number of ether oxygens (including phenoxy) is 1. The molecule has 0 amide bonds. The van der Waals surface area contributed by atoms with Crippen molar-refractivity contribution in [1.82, 2.24) is 4.98 Å². The van der Waals surface area contributed by atoms with Crippen LogP contribution in [0.4, 0.5) is 0 Å². The summed E-state index contributed by atoms with van der Waals surface area (Å²) in [5.74, 6) is -0.453. The third kappa shape index (κ3) is 2.14. The molecular weight excluding hydrogens is 238 g/mol. The van der Waals surface area contributed by atoms with Gasteiger partial charge < -0.3 is 9.84 Å². The first-order valence-electron chi connectivity index (χ1n) is 4.96. The Balaban J connectivity index is 2.63. The first-order chi connectivity index (χ1) is 8.13. The number of aromatic nitrogens is 1. The van der Waals surface area contributed by atoms with Crippen molar-refractivity contribution in [1.29, 1.82) is 0 Å². The number of rotatable bonds is 2. The lowest BCUT2D eigenvalue weighted by atomic mass is 10.1. The topological polar surface area (TPSA) is 59.4 Å². The van der Waals surface area contributed by atoms with Crippen LogP contribution < -0.4 is 0 Å². The highest BCUT2D eigenvalue weighted by Gasteiger charge is 2.18. The van der Waals surface area contributed by atoms with Gasteiger partial charge in [-0.2, -0.15) is 0 Å². The summed E-state index contributed by atoms with van der Waals surface area (Å²) in [6.45, 7) is 1.92. The SMILES string of the molecule is COC(=O)c1cccc(O)c1-c1ncc(C)s1. The number of nitrogens with zero attached hydrogens (tertiary/aromatic N) is 1. The second kappa shape index (κ2) is 4.55. The van der Waals surface area contributed by atoms with Gasteiger partial charge in [0.05, 0.1) is 18.2 Å². The Bertz CT molecular complexity index is 563. The molecule has 88 valence electrons. The third-order valence-electron chi connectivity index (χ3n) is 2.28. The number of aryl methyl sites for hydroxylation is 1. The number of thiazole rings is 1. The molecule has 0 fully saturated rings. The molecule has 0 spiro atoms. The Hall–Kier alpha value is -1.88. The van der Waals surface area contributed by atoms with Gasteiger partial charge in [0, 0.05) is 11.1 Å². The molecule has 1 heterocycles. The van der Waals surface area contributed by atoms with Gasteiger partial charge in [0.2, 0.25) is 0 Å². The molecule has 1 aromatic carbocycles. The van der Waals surface area contributed by atoms with Crippen molar-refractivity contribution >= 4 is 17.3 Å². The van der Waals surface area contributed by atoms with Crippen molar-refractivity contribution < 1.29 is 14.6 Å². The first kappa shape index (κ1) is 11.6. The number of hydrogen-bond donors (Lipinski definition) is 1.